The van der Waals surface area contributed by atoms with Crippen LogP contribution in [0.3, 0.4) is 0 Å². The van der Waals surface area contributed by atoms with E-state index in [1.807, 2.05) is 6.92 Å². The van der Waals surface area contributed by atoms with Crippen molar-refractivity contribution < 1.29 is 9.23 Å². The molecular weight excluding hydrogens is 265 g/mol. The standard InChI is InChI=1S/C15H19ClFNO/c1-9-5-11(14(17)12(16)6-9)13-7-10(19-18-13)8-15(2,3)4/h5-6,10H,7-8H2,1-4H3. The average Bonchev–Trinajstić information content (AvgIpc) is 2.69. The second kappa shape index (κ2) is 5.12. The van der Waals surface area contributed by atoms with Crippen LogP contribution in [0.5, 0.6) is 0 Å². The van der Waals surface area contributed by atoms with Crippen molar-refractivity contribution in [3.05, 3.63) is 34.1 Å². The van der Waals surface area contributed by atoms with E-state index < -0.39 is 5.82 Å². The van der Waals surface area contributed by atoms with E-state index in [0.717, 1.165) is 12.0 Å². The summed E-state index contributed by atoms with van der Waals surface area (Å²) >= 11 is 5.87. The Bertz CT molecular complexity index is 520. The van der Waals surface area contributed by atoms with Gasteiger partial charge in [0.25, 0.3) is 0 Å². The Hall–Kier alpha value is -1.09. The minimum Gasteiger partial charge on any atom is -0.392 e. The van der Waals surface area contributed by atoms with Crippen molar-refractivity contribution in [1.82, 2.24) is 0 Å². The third-order valence-electron chi connectivity index (χ3n) is 3.06. The number of aryl methyl sites for hydroxylation is 1. The molecule has 1 aliphatic rings. The molecule has 0 N–H and O–H groups in total. The maximum atomic E-state index is 14.0. The predicted molar refractivity (Wildman–Crippen MR) is 76.2 cm³/mol. The van der Waals surface area contributed by atoms with Gasteiger partial charge < -0.3 is 4.84 Å². The SMILES string of the molecule is Cc1cc(Cl)c(F)c(C2=NOC(CC(C)(C)C)C2)c1. The number of oxime groups is 1. The van der Waals surface area contributed by atoms with E-state index in [4.69, 9.17) is 16.4 Å². The van der Waals surface area contributed by atoms with E-state index in [1.54, 1.807) is 12.1 Å². The fraction of sp³-hybridized carbons (Fsp3) is 0.533. The fourth-order valence-corrected chi connectivity index (χ4v) is 2.59. The van der Waals surface area contributed by atoms with Gasteiger partial charge in [0, 0.05) is 12.0 Å². The van der Waals surface area contributed by atoms with Crippen LogP contribution in [0.2, 0.25) is 5.02 Å². The predicted octanol–water partition coefficient (Wildman–Crippen LogP) is 4.72. The summed E-state index contributed by atoms with van der Waals surface area (Å²) in [5.41, 5.74) is 2.19. The number of rotatable bonds is 2. The Labute approximate surface area is 118 Å². The summed E-state index contributed by atoms with van der Waals surface area (Å²) in [7, 11) is 0. The minimum atomic E-state index is -0.411. The highest BCUT2D eigenvalue weighted by atomic mass is 35.5. The van der Waals surface area contributed by atoms with Crippen molar-refractivity contribution in [1.29, 1.82) is 0 Å². The number of benzene rings is 1. The van der Waals surface area contributed by atoms with E-state index in [1.165, 1.54) is 0 Å². The van der Waals surface area contributed by atoms with Gasteiger partial charge in [-0.15, -0.1) is 0 Å². The lowest BCUT2D eigenvalue weighted by Crippen LogP contribution is -2.18. The van der Waals surface area contributed by atoms with Crippen LogP contribution in [0, 0.1) is 18.2 Å². The van der Waals surface area contributed by atoms with Crippen molar-refractivity contribution in [3.63, 3.8) is 0 Å². The topological polar surface area (TPSA) is 21.6 Å². The first-order valence-electron chi connectivity index (χ1n) is 6.45. The Morgan fingerprint density at radius 2 is 2.11 bits per heavy atom. The average molecular weight is 284 g/mol. The van der Waals surface area contributed by atoms with Gasteiger partial charge in [0.15, 0.2) is 5.82 Å². The van der Waals surface area contributed by atoms with Gasteiger partial charge in [-0.2, -0.15) is 0 Å². The first-order valence-corrected chi connectivity index (χ1v) is 6.83. The summed E-state index contributed by atoms with van der Waals surface area (Å²) in [6.45, 7) is 8.34. The van der Waals surface area contributed by atoms with Crippen molar-refractivity contribution in [2.45, 2.75) is 46.6 Å². The molecule has 0 spiro atoms. The first kappa shape index (κ1) is 14.3. The van der Waals surface area contributed by atoms with Crippen LogP contribution in [-0.2, 0) is 4.84 Å². The lowest BCUT2D eigenvalue weighted by Gasteiger charge is -2.21. The van der Waals surface area contributed by atoms with Gasteiger partial charge in [-0.3, -0.25) is 0 Å². The molecule has 0 aromatic heterocycles. The molecule has 1 atom stereocenters. The summed E-state index contributed by atoms with van der Waals surface area (Å²) in [5.74, 6) is -0.411. The summed E-state index contributed by atoms with van der Waals surface area (Å²) in [5, 5.41) is 4.17. The largest absolute Gasteiger partial charge is 0.392 e. The molecule has 1 aromatic carbocycles. The molecule has 0 bridgehead atoms. The van der Waals surface area contributed by atoms with Gasteiger partial charge in [0.1, 0.15) is 6.10 Å². The molecule has 1 aliphatic heterocycles. The van der Waals surface area contributed by atoms with Crippen molar-refractivity contribution >= 4 is 17.3 Å². The van der Waals surface area contributed by atoms with Crippen molar-refractivity contribution in [2.75, 3.05) is 0 Å². The Morgan fingerprint density at radius 3 is 2.74 bits per heavy atom. The molecule has 2 rings (SSSR count). The third kappa shape index (κ3) is 3.47. The summed E-state index contributed by atoms with van der Waals surface area (Å²) in [6, 6.07) is 3.38. The molecule has 0 fully saturated rings. The Balaban J connectivity index is 2.17. The van der Waals surface area contributed by atoms with Crippen LogP contribution in [0.15, 0.2) is 17.3 Å². The Kier molecular flexibility index (Phi) is 3.86. The van der Waals surface area contributed by atoms with Gasteiger partial charge in [-0.05, 0) is 36.5 Å². The molecule has 104 valence electrons. The van der Waals surface area contributed by atoms with Crippen molar-refractivity contribution in [3.8, 4) is 0 Å². The quantitative estimate of drug-likeness (QED) is 0.770. The smallest absolute Gasteiger partial charge is 0.150 e. The highest BCUT2D eigenvalue weighted by Crippen LogP contribution is 2.30. The zero-order chi connectivity index (χ0) is 14.2. The molecule has 0 saturated heterocycles. The van der Waals surface area contributed by atoms with E-state index in [0.29, 0.717) is 17.7 Å². The third-order valence-corrected chi connectivity index (χ3v) is 3.33. The molecule has 0 aliphatic carbocycles. The van der Waals surface area contributed by atoms with Crippen LogP contribution < -0.4 is 0 Å². The highest BCUT2D eigenvalue weighted by Gasteiger charge is 2.28. The highest BCUT2D eigenvalue weighted by molar-refractivity contribution is 6.31. The molecule has 1 aromatic rings. The summed E-state index contributed by atoms with van der Waals surface area (Å²) < 4.78 is 14.0. The second-order valence-corrected chi connectivity index (χ2v) is 6.75. The van der Waals surface area contributed by atoms with E-state index >= 15 is 0 Å². The normalized spacial score (nSPS) is 19.3. The number of hydrogen-bond acceptors (Lipinski definition) is 2. The zero-order valence-corrected chi connectivity index (χ0v) is 12.5. The molecule has 0 radical (unpaired) electrons. The number of nitrogens with zero attached hydrogens (tertiary/aromatic N) is 1. The van der Waals surface area contributed by atoms with Crippen LogP contribution >= 0.6 is 11.6 Å². The molecule has 1 heterocycles. The maximum Gasteiger partial charge on any atom is 0.150 e. The van der Waals surface area contributed by atoms with Gasteiger partial charge >= 0.3 is 0 Å². The van der Waals surface area contributed by atoms with Gasteiger partial charge in [-0.25, -0.2) is 4.39 Å². The second-order valence-electron chi connectivity index (χ2n) is 6.34. The zero-order valence-electron chi connectivity index (χ0n) is 11.8. The van der Waals surface area contributed by atoms with Crippen LogP contribution in [0.1, 0.15) is 44.7 Å². The number of halogens is 2. The summed E-state index contributed by atoms with van der Waals surface area (Å²) in [4.78, 5) is 5.41. The molecule has 1 unspecified atom stereocenters. The molecule has 2 nitrogen and oxygen atoms in total. The lowest BCUT2D eigenvalue weighted by atomic mass is 9.87. The number of hydrogen-bond donors (Lipinski definition) is 0. The first-order chi connectivity index (χ1) is 8.76. The fourth-order valence-electron chi connectivity index (χ4n) is 2.31. The van der Waals surface area contributed by atoms with Crippen LogP contribution in [0.4, 0.5) is 4.39 Å². The van der Waals surface area contributed by atoms with Gasteiger partial charge in [0.2, 0.25) is 0 Å². The molecule has 0 amide bonds. The van der Waals surface area contributed by atoms with E-state index in [9.17, 15) is 4.39 Å². The van der Waals surface area contributed by atoms with E-state index in [2.05, 4.69) is 25.9 Å². The maximum absolute atomic E-state index is 14.0. The van der Waals surface area contributed by atoms with Crippen LogP contribution in [0.25, 0.3) is 0 Å². The molecule has 19 heavy (non-hydrogen) atoms. The molecule has 4 heteroatoms. The van der Waals surface area contributed by atoms with Gasteiger partial charge in [0.05, 0.1) is 10.7 Å². The Morgan fingerprint density at radius 1 is 1.42 bits per heavy atom. The van der Waals surface area contributed by atoms with Crippen LogP contribution in [-0.4, -0.2) is 11.8 Å². The summed E-state index contributed by atoms with van der Waals surface area (Å²) in [6.07, 6.45) is 1.54. The lowest BCUT2D eigenvalue weighted by molar-refractivity contribution is 0.0540. The monoisotopic (exact) mass is 283 g/mol. The molecule has 0 saturated carbocycles. The van der Waals surface area contributed by atoms with E-state index in [-0.39, 0.29) is 16.5 Å². The van der Waals surface area contributed by atoms with Crippen molar-refractivity contribution in [2.24, 2.45) is 10.6 Å². The molecular formula is C15H19ClFNO. The minimum absolute atomic E-state index is 0.0219. The van der Waals surface area contributed by atoms with Gasteiger partial charge in [-0.1, -0.05) is 37.5 Å².